The molecule has 2 unspecified atom stereocenters. The van der Waals surface area contributed by atoms with Crippen molar-refractivity contribution in [3.8, 4) is 0 Å². The molecular formula is C13H21N3. The lowest BCUT2D eigenvalue weighted by atomic mass is 10.1. The average Bonchev–Trinajstić information content (AvgIpc) is 2.59. The molecule has 1 aromatic heterocycles. The third-order valence-corrected chi connectivity index (χ3v) is 3.22. The fraction of sp³-hybridized carbons (Fsp3) is 0.615. The van der Waals surface area contributed by atoms with E-state index in [1.54, 1.807) is 0 Å². The average molecular weight is 219 g/mol. The Morgan fingerprint density at radius 1 is 1.44 bits per heavy atom. The summed E-state index contributed by atoms with van der Waals surface area (Å²) in [5.74, 6) is 0.790. The van der Waals surface area contributed by atoms with Crippen LogP contribution in [0.2, 0.25) is 0 Å². The van der Waals surface area contributed by atoms with E-state index in [1.165, 1.54) is 12.1 Å². The maximum atomic E-state index is 4.30. The molecule has 3 nitrogen and oxygen atoms in total. The number of pyridine rings is 1. The van der Waals surface area contributed by atoms with Crippen LogP contribution in [-0.4, -0.2) is 24.1 Å². The minimum Gasteiger partial charge on any atom is -0.384 e. The molecular weight excluding hydrogens is 198 g/mol. The van der Waals surface area contributed by atoms with Crippen molar-refractivity contribution in [2.75, 3.05) is 23.3 Å². The molecule has 1 saturated heterocycles. The van der Waals surface area contributed by atoms with E-state index in [0.717, 1.165) is 24.7 Å². The van der Waals surface area contributed by atoms with E-state index >= 15 is 0 Å². The molecule has 16 heavy (non-hydrogen) atoms. The summed E-state index contributed by atoms with van der Waals surface area (Å²) >= 11 is 0. The Morgan fingerprint density at radius 2 is 2.25 bits per heavy atom. The largest absolute Gasteiger partial charge is 0.384 e. The first-order chi connectivity index (χ1) is 7.70. The molecule has 2 atom stereocenters. The first-order valence-electron chi connectivity index (χ1n) is 6.16. The molecule has 1 fully saturated rings. The first kappa shape index (κ1) is 11.2. The van der Waals surface area contributed by atoms with Crippen molar-refractivity contribution < 1.29 is 0 Å². The Labute approximate surface area is 97.9 Å². The van der Waals surface area contributed by atoms with Gasteiger partial charge in [-0.25, -0.2) is 0 Å². The van der Waals surface area contributed by atoms with Gasteiger partial charge in [-0.15, -0.1) is 0 Å². The summed E-state index contributed by atoms with van der Waals surface area (Å²) < 4.78 is 0. The summed E-state index contributed by atoms with van der Waals surface area (Å²) in [5.41, 5.74) is 2.36. The predicted octanol–water partition coefficient (Wildman–Crippen LogP) is 2.75. The van der Waals surface area contributed by atoms with E-state index in [-0.39, 0.29) is 0 Å². The van der Waals surface area contributed by atoms with Crippen molar-refractivity contribution in [1.82, 2.24) is 4.98 Å². The summed E-state index contributed by atoms with van der Waals surface area (Å²) in [7, 11) is 0. The van der Waals surface area contributed by atoms with Gasteiger partial charge < -0.3 is 10.2 Å². The van der Waals surface area contributed by atoms with E-state index in [9.17, 15) is 0 Å². The summed E-state index contributed by atoms with van der Waals surface area (Å²) in [5, 5.41) is 3.31. The van der Waals surface area contributed by atoms with Gasteiger partial charge in [0.1, 0.15) is 0 Å². The first-order valence-corrected chi connectivity index (χ1v) is 6.16. The summed E-state index contributed by atoms with van der Waals surface area (Å²) in [6.07, 6.45) is 5.14. The second-order valence-corrected chi connectivity index (χ2v) is 4.80. The number of aromatic nitrogens is 1. The monoisotopic (exact) mass is 219 g/mol. The number of hydrogen-bond donors (Lipinski definition) is 1. The Balaban J connectivity index is 2.16. The second-order valence-electron chi connectivity index (χ2n) is 4.80. The predicted molar refractivity (Wildman–Crippen MR) is 69.0 cm³/mol. The summed E-state index contributed by atoms with van der Waals surface area (Å²) in [4.78, 5) is 6.76. The highest BCUT2D eigenvalue weighted by molar-refractivity contribution is 5.56. The van der Waals surface area contributed by atoms with Crippen LogP contribution in [0.25, 0.3) is 0 Å². The molecule has 3 heteroatoms. The van der Waals surface area contributed by atoms with Crippen LogP contribution in [0, 0.1) is 5.92 Å². The van der Waals surface area contributed by atoms with E-state index in [1.807, 2.05) is 12.4 Å². The molecule has 88 valence electrons. The van der Waals surface area contributed by atoms with Gasteiger partial charge in [0.05, 0.1) is 23.8 Å². The number of anilines is 2. The van der Waals surface area contributed by atoms with Gasteiger partial charge in [0, 0.05) is 19.1 Å². The van der Waals surface area contributed by atoms with Gasteiger partial charge in [-0.05, 0) is 32.3 Å². The fourth-order valence-electron chi connectivity index (χ4n) is 2.55. The van der Waals surface area contributed by atoms with Crippen molar-refractivity contribution in [3.05, 3.63) is 18.5 Å². The van der Waals surface area contributed by atoms with Crippen molar-refractivity contribution in [2.45, 2.75) is 33.2 Å². The molecule has 1 aromatic rings. The molecule has 1 aliphatic rings. The van der Waals surface area contributed by atoms with Crippen molar-refractivity contribution in [2.24, 2.45) is 5.92 Å². The molecule has 0 bridgehead atoms. The Morgan fingerprint density at radius 3 is 2.88 bits per heavy atom. The maximum Gasteiger partial charge on any atom is 0.0575 e. The standard InChI is InChI=1S/C13H21N3/c1-4-15-12-6-13(8-14-7-12)16-9-10(2)5-11(16)3/h6-8,10-11,15H,4-5,9H2,1-3H3. The van der Waals surface area contributed by atoms with Crippen molar-refractivity contribution in [3.63, 3.8) is 0 Å². The summed E-state index contributed by atoms with van der Waals surface area (Å²) in [6.45, 7) is 8.81. The van der Waals surface area contributed by atoms with Gasteiger partial charge in [-0.1, -0.05) is 6.92 Å². The van der Waals surface area contributed by atoms with Crippen LogP contribution >= 0.6 is 0 Å². The Hall–Kier alpha value is -1.25. The van der Waals surface area contributed by atoms with Gasteiger partial charge in [-0.3, -0.25) is 4.98 Å². The number of hydrogen-bond acceptors (Lipinski definition) is 3. The topological polar surface area (TPSA) is 28.2 Å². The number of nitrogens with one attached hydrogen (secondary N) is 1. The third kappa shape index (κ3) is 2.29. The van der Waals surface area contributed by atoms with Gasteiger partial charge in [0.15, 0.2) is 0 Å². The Kier molecular flexibility index (Phi) is 3.32. The Bertz CT molecular complexity index is 351. The molecule has 0 aromatic carbocycles. The lowest BCUT2D eigenvalue weighted by Gasteiger charge is -2.24. The quantitative estimate of drug-likeness (QED) is 0.847. The zero-order valence-electron chi connectivity index (χ0n) is 10.4. The number of nitrogens with zero attached hydrogens (tertiary/aromatic N) is 2. The third-order valence-electron chi connectivity index (χ3n) is 3.22. The van der Waals surface area contributed by atoms with Crippen molar-refractivity contribution in [1.29, 1.82) is 0 Å². The molecule has 0 aliphatic carbocycles. The number of rotatable bonds is 3. The molecule has 0 saturated carbocycles. The van der Waals surface area contributed by atoms with Crippen LogP contribution < -0.4 is 10.2 Å². The summed E-state index contributed by atoms with van der Waals surface area (Å²) in [6, 6.07) is 2.83. The van der Waals surface area contributed by atoms with Crippen LogP contribution in [0.1, 0.15) is 27.2 Å². The molecule has 2 heterocycles. The molecule has 0 spiro atoms. The van der Waals surface area contributed by atoms with Crippen LogP contribution in [0.5, 0.6) is 0 Å². The van der Waals surface area contributed by atoms with Gasteiger partial charge >= 0.3 is 0 Å². The lowest BCUT2D eigenvalue weighted by Crippen LogP contribution is -2.26. The zero-order valence-corrected chi connectivity index (χ0v) is 10.4. The molecule has 2 rings (SSSR count). The van der Waals surface area contributed by atoms with E-state index in [4.69, 9.17) is 0 Å². The highest BCUT2D eigenvalue weighted by Crippen LogP contribution is 2.29. The fourth-order valence-corrected chi connectivity index (χ4v) is 2.55. The highest BCUT2D eigenvalue weighted by Gasteiger charge is 2.26. The van der Waals surface area contributed by atoms with Gasteiger partial charge in [-0.2, -0.15) is 0 Å². The van der Waals surface area contributed by atoms with E-state index in [2.05, 4.69) is 42.0 Å². The SMILES string of the molecule is CCNc1cncc(N2CC(C)CC2C)c1. The van der Waals surface area contributed by atoms with Crippen LogP contribution in [-0.2, 0) is 0 Å². The molecule has 1 aliphatic heterocycles. The van der Waals surface area contributed by atoms with E-state index in [0.29, 0.717) is 6.04 Å². The molecule has 0 amide bonds. The van der Waals surface area contributed by atoms with E-state index < -0.39 is 0 Å². The van der Waals surface area contributed by atoms with Crippen LogP contribution in [0.3, 0.4) is 0 Å². The highest BCUT2D eigenvalue weighted by atomic mass is 15.2. The molecule has 0 radical (unpaired) electrons. The van der Waals surface area contributed by atoms with Gasteiger partial charge in [0.2, 0.25) is 0 Å². The lowest BCUT2D eigenvalue weighted by molar-refractivity contribution is 0.625. The minimum absolute atomic E-state index is 0.633. The smallest absolute Gasteiger partial charge is 0.0575 e. The minimum atomic E-state index is 0.633. The second kappa shape index (κ2) is 4.73. The zero-order chi connectivity index (χ0) is 11.5. The molecule has 1 N–H and O–H groups in total. The van der Waals surface area contributed by atoms with Gasteiger partial charge in [0.25, 0.3) is 0 Å². The van der Waals surface area contributed by atoms with Crippen LogP contribution in [0.15, 0.2) is 18.5 Å². The normalized spacial score (nSPS) is 24.8. The van der Waals surface area contributed by atoms with Crippen molar-refractivity contribution >= 4 is 11.4 Å². The van der Waals surface area contributed by atoms with Crippen LogP contribution in [0.4, 0.5) is 11.4 Å². The maximum absolute atomic E-state index is 4.30.